The van der Waals surface area contributed by atoms with Gasteiger partial charge < -0.3 is 9.47 Å². The highest BCUT2D eigenvalue weighted by atomic mass is 32.1. The molecular formula is C11H14N2O4S. The van der Waals surface area contributed by atoms with Crippen LogP contribution in [0.15, 0.2) is 12.7 Å². The summed E-state index contributed by atoms with van der Waals surface area (Å²) in [5, 5.41) is 2.74. The maximum Gasteiger partial charge on any atom is 0.413 e. The van der Waals surface area contributed by atoms with Gasteiger partial charge in [0.05, 0.1) is 12.3 Å². The fourth-order valence-corrected chi connectivity index (χ4v) is 1.94. The number of esters is 1. The van der Waals surface area contributed by atoms with Gasteiger partial charge in [0, 0.05) is 0 Å². The molecule has 1 heterocycles. The van der Waals surface area contributed by atoms with Gasteiger partial charge >= 0.3 is 12.1 Å². The van der Waals surface area contributed by atoms with Gasteiger partial charge in [-0.1, -0.05) is 24.0 Å². The van der Waals surface area contributed by atoms with Crippen molar-refractivity contribution >= 4 is 28.5 Å². The topological polar surface area (TPSA) is 77.5 Å². The molecule has 0 unspecified atom stereocenters. The molecule has 0 saturated carbocycles. The van der Waals surface area contributed by atoms with Gasteiger partial charge in [0.15, 0.2) is 5.13 Å². The summed E-state index contributed by atoms with van der Waals surface area (Å²) in [6.45, 7) is 7.22. The van der Waals surface area contributed by atoms with Gasteiger partial charge in [-0.15, -0.1) is 0 Å². The predicted octanol–water partition coefficient (Wildman–Crippen LogP) is 2.36. The molecule has 1 aromatic rings. The highest BCUT2D eigenvalue weighted by Crippen LogP contribution is 2.23. The number of nitrogens with one attached hydrogen (secondary N) is 1. The lowest BCUT2D eigenvalue weighted by molar-refractivity contribution is 0.0554. The van der Waals surface area contributed by atoms with Crippen molar-refractivity contribution in [1.82, 2.24) is 4.98 Å². The van der Waals surface area contributed by atoms with E-state index in [2.05, 4.69) is 16.9 Å². The van der Waals surface area contributed by atoms with Crippen molar-refractivity contribution in [3.8, 4) is 0 Å². The summed E-state index contributed by atoms with van der Waals surface area (Å²) >= 11 is 1.04. The lowest BCUT2D eigenvalue weighted by Gasteiger charge is -2.00. The Morgan fingerprint density at radius 2 is 2.22 bits per heavy atom. The van der Waals surface area contributed by atoms with Crippen LogP contribution >= 0.6 is 11.3 Å². The molecule has 6 nitrogen and oxygen atoms in total. The molecule has 1 aromatic heterocycles. The fraction of sp³-hybridized carbons (Fsp3) is 0.364. The number of rotatable bonds is 5. The second-order valence-corrected chi connectivity index (χ2v) is 4.17. The first kappa shape index (κ1) is 14.2. The third-order valence-electron chi connectivity index (χ3n) is 1.80. The van der Waals surface area contributed by atoms with Crippen LogP contribution in [0.5, 0.6) is 0 Å². The zero-order valence-corrected chi connectivity index (χ0v) is 11.0. The number of ether oxygens (including phenoxy) is 2. The van der Waals surface area contributed by atoms with Gasteiger partial charge in [-0.25, -0.2) is 14.6 Å². The van der Waals surface area contributed by atoms with Crippen molar-refractivity contribution in [3.05, 3.63) is 23.2 Å². The van der Waals surface area contributed by atoms with E-state index in [1.807, 2.05) is 0 Å². The maximum absolute atomic E-state index is 11.6. The lowest BCUT2D eigenvalue weighted by atomic mass is 10.4. The first-order valence-electron chi connectivity index (χ1n) is 5.27. The Bertz CT molecular complexity index is 456. The van der Waals surface area contributed by atoms with E-state index >= 15 is 0 Å². The Labute approximate surface area is 109 Å². The van der Waals surface area contributed by atoms with Gasteiger partial charge in [-0.05, 0) is 13.8 Å². The number of hydrogen-bond acceptors (Lipinski definition) is 6. The highest BCUT2D eigenvalue weighted by Gasteiger charge is 2.17. The minimum absolute atomic E-state index is 0.136. The molecule has 1 N–H and O–H groups in total. The number of aryl methyl sites for hydroxylation is 1. The number of thiazole rings is 1. The number of carbonyl (C=O) groups excluding carboxylic acids is 2. The maximum atomic E-state index is 11.6. The molecule has 0 aromatic carbocycles. The number of amides is 1. The van der Waals surface area contributed by atoms with Crippen molar-refractivity contribution in [3.63, 3.8) is 0 Å². The van der Waals surface area contributed by atoms with Crippen LogP contribution in [0.25, 0.3) is 0 Å². The normalized spacial score (nSPS) is 9.67. The van der Waals surface area contributed by atoms with E-state index in [4.69, 9.17) is 9.47 Å². The zero-order chi connectivity index (χ0) is 13.5. The zero-order valence-electron chi connectivity index (χ0n) is 10.2. The predicted molar refractivity (Wildman–Crippen MR) is 68.0 cm³/mol. The molecule has 0 aliphatic heterocycles. The summed E-state index contributed by atoms with van der Waals surface area (Å²) in [6, 6.07) is 0. The van der Waals surface area contributed by atoms with Crippen LogP contribution < -0.4 is 5.32 Å². The van der Waals surface area contributed by atoms with Gasteiger partial charge in [-0.3, -0.25) is 5.32 Å². The number of nitrogens with zero attached hydrogens (tertiary/aromatic N) is 1. The number of carbonyl (C=O) groups is 2. The average molecular weight is 270 g/mol. The molecule has 0 spiro atoms. The van der Waals surface area contributed by atoms with Gasteiger partial charge in [-0.2, -0.15) is 0 Å². The number of aromatic nitrogens is 1. The fourth-order valence-electron chi connectivity index (χ4n) is 1.09. The standard InChI is InChI=1S/C11H14N2O4S/c1-4-6-17-9(14)8-7(3)12-10(18-8)13-11(15)16-5-2/h4H,1,5-6H2,2-3H3,(H,12,13,15). The van der Waals surface area contributed by atoms with Crippen molar-refractivity contribution in [2.45, 2.75) is 13.8 Å². The minimum atomic E-state index is -0.600. The van der Waals surface area contributed by atoms with E-state index in [0.29, 0.717) is 15.7 Å². The second kappa shape index (κ2) is 6.75. The molecule has 1 amide bonds. The largest absolute Gasteiger partial charge is 0.457 e. The van der Waals surface area contributed by atoms with E-state index in [9.17, 15) is 9.59 Å². The van der Waals surface area contributed by atoms with Crippen LogP contribution in [-0.4, -0.2) is 30.3 Å². The monoisotopic (exact) mass is 270 g/mol. The highest BCUT2D eigenvalue weighted by molar-refractivity contribution is 7.17. The van der Waals surface area contributed by atoms with Crippen LogP contribution in [0.4, 0.5) is 9.93 Å². The first-order chi connectivity index (χ1) is 8.58. The van der Waals surface area contributed by atoms with E-state index in [1.165, 1.54) is 6.08 Å². The van der Waals surface area contributed by atoms with Crippen LogP contribution in [0.2, 0.25) is 0 Å². The van der Waals surface area contributed by atoms with E-state index in [1.54, 1.807) is 13.8 Å². The van der Waals surface area contributed by atoms with Crippen LogP contribution in [0, 0.1) is 6.92 Å². The molecule has 18 heavy (non-hydrogen) atoms. The molecule has 0 aliphatic carbocycles. The smallest absolute Gasteiger partial charge is 0.413 e. The Hall–Kier alpha value is -1.89. The second-order valence-electron chi connectivity index (χ2n) is 3.17. The van der Waals surface area contributed by atoms with Crippen molar-refractivity contribution in [1.29, 1.82) is 0 Å². The first-order valence-corrected chi connectivity index (χ1v) is 6.09. The SMILES string of the molecule is C=CCOC(=O)c1sc(NC(=O)OCC)nc1C. The quantitative estimate of drug-likeness (QED) is 0.656. The third kappa shape index (κ3) is 3.85. The summed E-state index contributed by atoms with van der Waals surface area (Å²) < 4.78 is 9.60. The minimum Gasteiger partial charge on any atom is -0.457 e. The molecular weight excluding hydrogens is 256 g/mol. The molecule has 0 saturated heterocycles. The summed E-state index contributed by atoms with van der Waals surface area (Å²) in [4.78, 5) is 27.2. The van der Waals surface area contributed by atoms with E-state index in [-0.39, 0.29) is 13.2 Å². The molecule has 0 aliphatic rings. The van der Waals surface area contributed by atoms with Crippen molar-refractivity contribution in [2.75, 3.05) is 18.5 Å². The van der Waals surface area contributed by atoms with Crippen LogP contribution in [0.1, 0.15) is 22.3 Å². The Kier molecular flexibility index (Phi) is 5.31. The van der Waals surface area contributed by atoms with E-state index < -0.39 is 12.1 Å². The Morgan fingerprint density at radius 1 is 1.50 bits per heavy atom. The summed E-state index contributed by atoms with van der Waals surface area (Å²) in [6.07, 6.45) is 0.878. The molecule has 0 bridgehead atoms. The molecule has 0 atom stereocenters. The Morgan fingerprint density at radius 3 is 2.83 bits per heavy atom. The molecule has 98 valence electrons. The van der Waals surface area contributed by atoms with Gasteiger partial charge in [0.2, 0.25) is 0 Å². The van der Waals surface area contributed by atoms with Crippen molar-refractivity contribution in [2.24, 2.45) is 0 Å². The molecule has 0 radical (unpaired) electrons. The lowest BCUT2D eigenvalue weighted by Crippen LogP contribution is -2.12. The van der Waals surface area contributed by atoms with Crippen LogP contribution in [-0.2, 0) is 9.47 Å². The third-order valence-corrected chi connectivity index (χ3v) is 2.85. The van der Waals surface area contributed by atoms with E-state index in [0.717, 1.165) is 11.3 Å². The Balaban J connectivity index is 2.72. The molecule has 1 rings (SSSR count). The summed E-state index contributed by atoms with van der Waals surface area (Å²) in [7, 11) is 0. The molecule has 7 heteroatoms. The molecule has 0 fully saturated rings. The van der Waals surface area contributed by atoms with Gasteiger partial charge in [0.1, 0.15) is 11.5 Å². The van der Waals surface area contributed by atoms with Crippen molar-refractivity contribution < 1.29 is 19.1 Å². The average Bonchev–Trinajstić information content (AvgIpc) is 2.67. The summed E-state index contributed by atoms with van der Waals surface area (Å²) in [5.41, 5.74) is 0.501. The summed E-state index contributed by atoms with van der Waals surface area (Å²) in [5.74, 6) is -0.484. The van der Waals surface area contributed by atoms with Gasteiger partial charge in [0.25, 0.3) is 0 Å². The number of hydrogen-bond donors (Lipinski definition) is 1. The number of anilines is 1. The van der Waals surface area contributed by atoms with Crippen LogP contribution in [0.3, 0.4) is 0 Å².